The Hall–Kier alpha value is -0.160. The minimum absolute atomic E-state index is 0.281. The fourth-order valence-electron chi connectivity index (χ4n) is 2.25. The van der Waals surface area contributed by atoms with Crippen molar-refractivity contribution in [3.8, 4) is 0 Å². The highest BCUT2D eigenvalue weighted by Gasteiger charge is 2.27. The zero-order chi connectivity index (χ0) is 9.80. The van der Waals surface area contributed by atoms with Gasteiger partial charge in [0, 0.05) is 12.6 Å². The summed E-state index contributed by atoms with van der Waals surface area (Å²) in [6, 6.07) is 0.362. The molecule has 2 saturated heterocycles. The van der Waals surface area contributed by atoms with Gasteiger partial charge in [-0.1, -0.05) is 0 Å². The van der Waals surface area contributed by atoms with Crippen LogP contribution >= 0.6 is 0 Å². The molecular formula is C10H19NO3. The molecule has 0 bridgehead atoms. The van der Waals surface area contributed by atoms with Crippen molar-refractivity contribution in [2.75, 3.05) is 33.1 Å². The van der Waals surface area contributed by atoms with Crippen LogP contribution in [0.15, 0.2) is 0 Å². The van der Waals surface area contributed by atoms with Crippen molar-refractivity contribution in [2.45, 2.75) is 31.4 Å². The predicted molar refractivity (Wildman–Crippen MR) is 52.0 cm³/mol. The van der Waals surface area contributed by atoms with E-state index in [1.807, 2.05) is 0 Å². The maximum atomic E-state index is 9.16. The lowest BCUT2D eigenvalue weighted by Gasteiger charge is -2.30. The monoisotopic (exact) mass is 201 g/mol. The van der Waals surface area contributed by atoms with Crippen LogP contribution in [0.2, 0.25) is 0 Å². The lowest BCUT2D eigenvalue weighted by atomic mass is 10.2. The smallest absolute Gasteiger partial charge is 0.147 e. The van der Waals surface area contributed by atoms with Crippen LogP contribution in [-0.4, -0.2) is 55.2 Å². The van der Waals surface area contributed by atoms with Crippen molar-refractivity contribution in [3.63, 3.8) is 0 Å². The molecule has 2 heterocycles. The topological polar surface area (TPSA) is 41.9 Å². The van der Waals surface area contributed by atoms with Gasteiger partial charge in [0.2, 0.25) is 0 Å². The average Bonchev–Trinajstić information content (AvgIpc) is 2.67. The van der Waals surface area contributed by atoms with Gasteiger partial charge in [-0.25, -0.2) is 0 Å². The van der Waals surface area contributed by atoms with Gasteiger partial charge < -0.3 is 14.6 Å². The lowest BCUT2D eigenvalue weighted by molar-refractivity contribution is -0.145. The molecule has 4 nitrogen and oxygen atoms in total. The quantitative estimate of drug-likeness (QED) is 0.708. The number of aliphatic hydroxyl groups is 1. The summed E-state index contributed by atoms with van der Waals surface area (Å²) in [6.07, 6.45) is 3.61. The first-order valence-corrected chi connectivity index (χ1v) is 5.44. The molecule has 0 aromatic rings. The normalized spacial score (nSPS) is 34.9. The van der Waals surface area contributed by atoms with Crippen molar-refractivity contribution >= 4 is 0 Å². The fraction of sp³-hybridized carbons (Fsp3) is 1.00. The van der Waals surface area contributed by atoms with E-state index in [2.05, 4.69) is 4.90 Å². The number of aliphatic hydroxyl groups excluding tert-OH is 1. The molecule has 82 valence electrons. The molecule has 0 aliphatic carbocycles. The van der Waals surface area contributed by atoms with Gasteiger partial charge in [0.25, 0.3) is 0 Å². The number of likely N-dealkylation sites (tertiary alicyclic amines) is 1. The number of nitrogens with zero attached hydrogens (tertiary/aromatic N) is 1. The number of hydrogen-bond donors (Lipinski definition) is 1. The molecule has 2 atom stereocenters. The Bertz CT molecular complexity index is 171. The van der Waals surface area contributed by atoms with Crippen molar-refractivity contribution in [2.24, 2.45) is 0 Å². The number of ether oxygens (including phenoxy) is 2. The Morgan fingerprint density at radius 1 is 1.36 bits per heavy atom. The molecule has 2 rings (SSSR count). The van der Waals surface area contributed by atoms with E-state index in [-0.39, 0.29) is 6.61 Å². The van der Waals surface area contributed by atoms with Gasteiger partial charge >= 0.3 is 0 Å². The molecule has 0 aromatic carbocycles. The van der Waals surface area contributed by atoms with E-state index >= 15 is 0 Å². The Labute approximate surface area is 84.8 Å². The largest absolute Gasteiger partial charge is 0.395 e. The maximum Gasteiger partial charge on any atom is 0.147 e. The summed E-state index contributed by atoms with van der Waals surface area (Å²) in [5, 5.41) is 9.16. The van der Waals surface area contributed by atoms with Crippen molar-refractivity contribution in [1.29, 1.82) is 0 Å². The highest BCUT2D eigenvalue weighted by atomic mass is 16.7. The van der Waals surface area contributed by atoms with Crippen LogP contribution in [0.1, 0.15) is 19.3 Å². The minimum atomic E-state index is 0.281. The summed E-state index contributed by atoms with van der Waals surface area (Å²) in [7, 11) is 0. The molecule has 0 saturated carbocycles. The molecule has 2 aliphatic heterocycles. The zero-order valence-corrected chi connectivity index (χ0v) is 8.52. The first-order valence-electron chi connectivity index (χ1n) is 5.44. The zero-order valence-electron chi connectivity index (χ0n) is 8.52. The van der Waals surface area contributed by atoms with Crippen LogP contribution in [-0.2, 0) is 9.47 Å². The standard InChI is InChI=1S/C10H19NO3/c12-7-9-2-1-4-11(9)6-10-3-5-13-8-14-10/h9-10,12H,1-8H2/t9-,10?/m1/s1. The molecular weight excluding hydrogens is 182 g/mol. The highest BCUT2D eigenvalue weighted by Crippen LogP contribution is 2.19. The van der Waals surface area contributed by atoms with Gasteiger partial charge in [0.15, 0.2) is 0 Å². The molecule has 0 radical (unpaired) electrons. The highest BCUT2D eigenvalue weighted by molar-refractivity contribution is 4.80. The van der Waals surface area contributed by atoms with E-state index in [9.17, 15) is 0 Å². The van der Waals surface area contributed by atoms with E-state index < -0.39 is 0 Å². The number of hydrogen-bond acceptors (Lipinski definition) is 4. The third kappa shape index (κ3) is 2.45. The van der Waals surface area contributed by atoms with Gasteiger partial charge in [-0.2, -0.15) is 0 Å². The SMILES string of the molecule is OC[C@H]1CCCN1CC1CCOCO1. The van der Waals surface area contributed by atoms with Crippen LogP contribution in [0, 0.1) is 0 Å². The Morgan fingerprint density at radius 2 is 2.29 bits per heavy atom. The molecule has 0 aromatic heterocycles. The van der Waals surface area contributed by atoms with Crippen LogP contribution < -0.4 is 0 Å². The second kappa shape index (κ2) is 5.07. The molecule has 0 spiro atoms. The molecule has 2 aliphatic rings. The first kappa shape index (κ1) is 10.4. The van der Waals surface area contributed by atoms with E-state index in [4.69, 9.17) is 14.6 Å². The van der Waals surface area contributed by atoms with Crippen molar-refractivity contribution < 1.29 is 14.6 Å². The molecule has 14 heavy (non-hydrogen) atoms. The Balaban J connectivity index is 1.77. The van der Waals surface area contributed by atoms with Gasteiger partial charge in [-0.05, 0) is 25.8 Å². The van der Waals surface area contributed by atoms with E-state index in [1.165, 1.54) is 6.42 Å². The summed E-state index contributed by atoms with van der Waals surface area (Å²) in [4.78, 5) is 2.34. The predicted octanol–water partition coefficient (Wildman–Crippen LogP) is 0.206. The number of rotatable bonds is 3. The third-order valence-corrected chi connectivity index (χ3v) is 3.12. The summed E-state index contributed by atoms with van der Waals surface area (Å²) in [6.45, 7) is 3.58. The lowest BCUT2D eigenvalue weighted by Crippen LogP contribution is -2.41. The molecule has 2 fully saturated rings. The van der Waals surface area contributed by atoms with Gasteiger partial charge in [-0.15, -0.1) is 0 Å². The van der Waals surface area contributed by atoms with E-state index in [0.29, 0.717) is 18.9 Å². The first-order chi connectivity index (χ1) is 6.90. The van der Waals surface area contributed by atoms with Crippen molar-refractivity contribution in [3.05, 3.63) is 0 Å². The maximum absolute atomic E-state index is 9.16. The molecule has 0 amide bonds. The van der Waals surface area contributed by atoms with Crippen LogP contribution in [0.4, 0.5) is 0 Å². The average molecular weight is 201 g/mol. The van der Waals surface area contributed by atoms with Gasteiger partial charge in [0.1, 0.15) is 6.79 Å². The molecule has 1 unspecified atom stereocenters. The van der Waals surface area contributed by atoms with Crippen LogP contribution in [0.3, 0.4) is 0 Å². The Kier molecular flexibility index (Phi) is 3.75. The summed E-state index contributed by atoms with van der Waals surface area (Å²) < 4.78 is 10.6. The Morgan fingerprint density at radius 3 is 3.00 bits per heavy atom. The summed E-state index contributed by atoms with van der Waals surface area (Å²) >= 11 is 0. The van der Waals surface area contributed by atoms with Crippen molar-refractivity contribution in [1.82, 2.24) is 4.90 Å². The van der Waals surface area contributed by atoms with E-state index in [1.54, 1.807) is 0 Å². The third-order valence-electron chi connectivity index (χ3n) is 3.12. The van der Waals surface area contributed by atoms with Gasteiger partial charge in [-0.3, -0.25) is 4.90 Å². The summed E-state index contributed by atoms with van der Waals surface area (Å²) in [5.74, 6) is 0. The fourth-order valence-corrected chi connectivity index (χ4v) is 2.25. The van der Waals surface area contributed by atoms with E-state index in [0.717, 1.165) is 32.5 Å². The van der Waals surface area contributed by atoms with Crippen LogP contribution in [0.5, 0.6) is 0 Å². The van der Waals surface area contributed by atoms with Gasteiger partial charge in [0.05, 0.1) is 19.3 Å². The minimum Gasteiger partial charge on any atom is -0.395 e. The molecule has 1 N–H and O–H groups in total. The molecule has 4 heteroatoms. The second-order valence-corrected chi connectivity index (χ2v) is 4.08. The van der Waals surface area contributed by atoms with Crippen LogP contribution in [0.25, 0.3) is 0 Å². The second-order valence-electron chi connectivity index (χ2n) is 4.08. The summed E-state index contributed by atoms with van der Waals surface area (Å²) in [5.41, 5.74) is 0.